The highest BCUT2D eigenvalue weighted by Gasteiger charge is 2.31. The predicted molar refractivity (Wildman–Crippen MR) is 135 cm³/mol. The second kappa shape index (κ2) is 9.43. The number of hydrogen-bond acceptors (Lipinski definition) is 3. The third kappa shape index (κ3) is 4.26. The SMILES string of the molecule is CC(C)CCN1C(=O)c2cccc3c(N4CCCN(CC5CCCCC5)CC4)ccc1c23. The third-order valence-corrected chi connectivity index (χ3v) is 7.86. The van der Waals surface area contributed by atoms with Gasteiger partial charge in [-0.3, -0.25) is 4.79 Å². The highest BCUT2D eigenvalue weighted by atomic mass is 16.2. The Morgan fingerprint density at radius 3 is 2.53 bits per heavy atom. The first-order valence-electron chi connectivity index (χ1n) is 13.0. The molecule has 1 amide bonds. The zero-order valence-corrected chi connectivity index (χ0v) is 20.0. The van der Waals surface area contributed by atoms with Crippen LogP contribution in [0.15, 0.2) is 30.3 Å². The van der Waals surface area contributed by atoms with E-state index in [1.807, 2.05) is 11.0 Å². The molecule has 0 radical (unpaired) electrons. The van der Waals surface area contributed by atoms with Gasteiger partial charge in [-0.2, -0.15) is 0 Å². The van der Waals surface area contributed by atoms with Crippen molar-refractivity contribution in [2.24, 2.45) is 11.8 Å². The highest BCUT2D eigenvalue weighted by Crippen LogP contribution is 2.42. The first kappa shape index (κ1) is 21.8. The van der Waals surface area contributed by atoms with Gasteiger partial charge in [0.05, 0.1) is 5.69 Å². The zero-order valence-electron chi connectivity index (χ0n) is 20.0. The summed E-state index contributed by atoms with van der Waals surface area (Å²) in [6, 6.07) is 10.8. The monoisotopic (exact) mass is 433 g/mol. The number of nitrogens with zero attached hydrogens (tertiary/aromatic N) is 3. The lowest BCUT2D eigenvalue weighted by Crippen LogP contribution is -2.34. The molecule has 2 fully saturated rings. The van der Waals surface area contributed by atoms with E-state index in [0.29, 0.717) is 5.92 Å². The molecule has 32 heavy (non-hydrogen) atoms. The summed E-state index contributed by atoms with van der Waals surface area (Å²) in [5.41, 5.74) is 3.30. The van der Waals surface area contributed by atoms with Gasteiger partial charge in [-0.05, 0) is 62.3 Å². The minimum Gasteiger partial charge on any atom is -0.370 e. The summed E-state index contributed by atoms with van der Waals surface area (Å²) in [5.74, 6) is 1.68. The standard InChI is InChI=1S/C28H39N3O/c1-21(2)14-17-31-26-13-12-25(23-10-6-11-24(27(23)26)28(31)32)30-16-7-15-29(18-19-30)20-22-8-4-3-5-9-22/h6,10-13,21-22H,3-5,7-9,14-20H2,1-2H3. The van der Waals surface area contributed by atoms with Gasteiger partial charge >= 0.3 is 0 Å². The molecule has 2 aromatic carbocycles. The van der Waals surface area contributed by atoms with Crippen LogP contribution in [0, 0.1) is 11.8 Å². The van der Waals surface area contributed by atoms with Crippen LogP contribution in [0.4, 0.5) is 11.4 Å². The summed E-state index contributed by atoms with van der Waals surface area (Å²) < 4.78 is 0. The molecule has 172 valence electrons. The van der Waals surface area contributed by atoms with E-state index in [9.17, 15) is 4.79 Å². The minimum atomic E-state index is 0.179. The molecule has 5 rings (SSSR count). The smallest absolute Gasteiger partial charge is 0.258 e. The molecule has 0 spiro atoms. The van der Waals surface area contributed by atoms with Crippen LogP contribution in [0.3, 0.4) is 0 Å². The molecule has 2 aromatic rings. The van der Waals surface area contributed by atoms with Crippen molar-refractivity contribution < 1.29 is 4.79 Å². The molecule has 2 aliphatic heterocycles. The number of amides is 1. The molecule has 0 atom stereocenters. The maximum atomic E-state index is 13.2. The third-order valence-electron chi connectivity index (χ3n) is 7.86. The van der Waals surface area contributed by atoms with Crippen molar-refractivity contribution >= 4 is 28.1 Å². The van der Waals surface area contributed by atoms with Crippen LogP contribution in [0.25, 0.3) is 10.8 Å². The first-order valence-corrected chi connectivity index (χ1v) is 13.0. The molecule has 1 saturated heterocycles. The van der Waals surface area contributed by atoms with Crippen molar-refractivity contribution in [1.29, 1.82) is 0 Å². The Balaban J connectivity index is 1.36. The lowest BCUT2D eigenvalue weighted by molar-refractivity contribution is 0.0992. The van der Waals surface area contributed by atoms with Gasteiger partial charge in [0.15, 0.2) is 0 Å². The summed E-state index contributed by atoms with van der Waals surface area (Å²) in [4.78, 5) is 20.5. The highest BCUT2D eigenvalue weighted by molar-refractivity contribution is 6.26. The lowest BCUT2D eigenvalue weighted by Gasteiger charge is -2.29. The Labute approximate surface area is 193 Å². The molecule has 1 saturated carbocycles. The summed E-state index contributed by atoms with van der Waals surface area (Å²) >= 11 is 0. The summed E-state index contributed by atoms with van der Waals surface area (Å²) in [7, 11) is 0. The topological polar surface area (TPSA) is 26.8 Å². The number of hydrogen-bond donors (Lipinski definition) is 0. The number of rotatable bonds is 6. The van der Waals surface area contributed by atoms with E-state index in [1.165, 1.54) is 68.1 Å². The Bertz CT molecular complexity index is 963. The van der Waals surface area contributed by atoms with Gasteiger partial charge in [-0.15, -0.1) is 0 Å². The van der Waals surface area contributed by atoms with E-state index in [4.69, 9.17) is 0 Å². The molecule has 4 nitrogen and oxygen atoms in total. The molecule has 2 heterocycles. The van der Waals surface area contributed by atoms with Gasteiger partial charge in [0.25, 0.3) is 5.91 Å². The van der Waals surface area contributed by atoms with Crippen LogP contribution in [0.2, 0.25) is 0 Å². The van der Waals surface area contributed by atoms with Crippen molar-refractivity contribution in [3.63, 3.8) is 0 Å². The molecule has 1 aliphatic carbocycles. The largest absolute Gasteiger partial charge is 0.370 e. The van der Waals surface area contributed by atoms with Gasteiger partial charge in [-0.25, -0.2) is 0 Å². The van der Waals surface area contributed by atoms with E-state index in [-0.39, 0.29) is 5.91 Å². The van der Waals surface area contributed by atoms with Crippen LogP contribution < -0.4 is 9.80 Å². The van der Waals surface area contributed by atoms with Gasteiger partial charge < -0.3 is 14.7 Å². The normalized spacial score (nSPS) is 20.5. The molecule has 0 aromatic heterocycles. The van der Waals surface area contributed by atoms with Gasteiger partial charge in [0.1, 0.15) is 0 Å². The molecule has 0 unspecified atom stereocenters. The van der Waals surface area contributed by atoms with Crippen molar-refractivity contribution in [2.75, 3.05) is 49.1 Å². The molecule has 0 bridgehead atoms. The van der Waals surface area contributed by atoms with E-state index in [2.05, 4.69) is 47.9 Å². The number of carbonyl (C=O) groups is 1. The summed E-state index contributed by atoms with van der Waals surface area (Å²) in [6.45, 7) is 11.1. The second-order valence-electron chi connectivity index (χ2n) is 10.6. The number of carbonyl (C=O) groups excluding carboxylic acids is 1. The van der Waals surface area contributed by atoms with Crippen molar-refractivity contribution in [3.05, 3.63) is 35.9 Å². The van der Waals surface area contributed by atoms with Crippen LogP contribution >= 0.6 is 0 Å². The van der Waals surface area contributed by atoms with Gasteiger partial charge in [-0.1, -0.05) is 45.2 Å². The fourth-order valence-electron chi connectivity index (χ4n) is 6.04. The average Bonchev–Trinajstić information content (AvgIpc) is 2.93. The predicted octanol–water partition coefficient (Wildman–Crippen LogP) is 5.94. The van der Waals surface area contributed by atoms with E-state index in [0.717, 1.165) is 49.8 Å². The van der Waals surface area contributed by atoms with Crippen LogP contribution in [-0.2, 0) is 0 Å². The van der Waals surface area contributed by atoms with Crippen molar-refractivity contribution in [2.45, 2.75) is 58.8 Å². The number of anilines is 2. The summed E-state index contributed by atoms with van der Waals surface area (Å²) in [5, 5.41) is 2.42. The number of benzene rings is 2. The Morgan fingerprint density at radius 1 is 0.906 bits per heavy atom. The fourth-order valence-corrected chi connectivity index (χ4v) is 6.04. The Morgan fingerprint density at radius 2 is 1.72 bits per heavy atom. The van der Waals surface area contributed by atoms with E-state index in [1.54, 1.807) is 0 Å². The molecule has 3 aliphatic rings. The molecular weight excluding hydrogens is 394 g/mol. The van der Waals surface area contributed by atoms with Crippen LogP contribution in [0.1, 0.15) is 69.2 Å². The fraction of sp³-hybridized carbons (Fsp3) is 0.607. The van der Waals surface area contributed by atoms with Gasteiger partial charge in [0, 0.05) is 54.7 Å². The molecular formula is C28H39N3O. The maximum Gasteiger partial charge on any atom is 0.258 e. The Kier molecular flexibility index (Phi) is 6.41. The second-order valence-corrected chi connectivity index (χ2v) is 10.6. The molecule has 4 heteroatoms. The van der Waals surface area contributed by atoms with Crippen molar-refractivity contribution in [1.82, 2.24) is 4.90 Å². The van der Waals surface area contributed by atoms with E-state index >= 15 is 0 Å². The first-order chi connectivity index (χ1) is 15.6. The maximum absolute atomic E-state index is 13.2. The zero-order chi connectivity index (χ0) is 22.1. The van der Waals surface area contributed by atoms with Crippen molar-refractivity contribution in [3.8, 4) is 0 Å². The molecule has 0 N–H and O–H groups in total. The average molecular weight is 434 g/mol. The van der Waals surface area contributed by atoms with Crippen LogP contribution in [-0.4, -0.2) is 50.1 Å². The lowest BCUT2D eigenvalue weighted by atomic mass is 9.89. The quantitative estimate of drug-likeness (QED) is 0.564. The van der Waals surface area contributed by atoms with E-state index < -0.39 is 0 Å². The van der Waals surface area contributed by atoms with Gasteiger partial charge in [0.2, 0.25) is 0 Å². The Hall–Kier alpha value is -2.07. The summed E-state index contributed by atoms with van der Waals surface area (Å²) in [6.07, 6.45) is 9.40. The minimum absolute atomic E-state index is 0.179. The van der Waals surface area contributed by atoms with Crippen LogP contribution in [0.5, 0.6) is 0 Å².